The molecule has 3 aromatic carbocycles. The molecule has 0 aliphatic heterocycles. The molecule has 3 aromatic rings. The molecule has 0 heterocycles. The lowest BCUT2D eigenvalue weighted by Crippen LogP contribution is -2.20. The van der Waals surface area contributed by atoms with Crippen LogP contribution in [0.25, 0.3) is 0 Å². The van der Waals surface area contributed by atoms with Crippen molar-refractivity contribution >= 4 is 50.5 Å². The number of nitriles is 1. The zero-order valence-corrected chi connectivity index (χ0v) is 19.5. The minimum absolute atomic E-state index is 0.0924. The molecule has 0 aliphatic carbocycles. The Morgan fingerprint density at radius 3 is 2.39 bits per heavy atom. The molecule has 0 bridgehead atoms. The molecule has 11 heteroatoms. The van der Waals surface area contributed by atoms with E-state index in [4.69, 9.17) is 37.9 Å². The van der Waals surface area contributed by atoms with Crippen LogP contribution in [0.2, 0.25) is 10.0 Å². The van der Waals surface area contributed by atoms with Gasteiger partial charge < -0.3 is 14.8 Å². The topological polar surface area (TPSA) is 118 Å². The Labute approximate surface area is 200 Å². The molecule has 2 N–H and O–H groups in total. The van der Waals surface area contributed by atoms with Crippen molar-refractivity contribution in [3.8, 4) is 17.6 Å². The van der Waals surface area contributed by atoms with Crippen molar-refractivity contribution in [3.63, 3.8) is 0 Å². The van der Waals surface area contributed by atoms with Gasteiger partial charge in [-0.1, -0.05) is 23.2 Å². The Morgan fingerprint density at radius 1 is 1.03 bits per heavy atom. The Hall–Kier alpha value is -3.45. The number of nitrogens with zero attached hydrogens (tertiary/aromatic N) is 1. The third-order valence-electron chi connectivity index (χ3n) is 4.28. The summed E-state index contributed by atoms with van der Waals surface area (Å²) in [5.74, 6) is 0.197. The summed E-state index contributed by atoms with van der Waals surface area (Å²) in [7, 11) is -2.63. The maximum Gasteiger partial charge on any atom is 0.262 e. The summed E-state index contributed by atoms with van der Waals surface area (Å²) in [6, 6.07) is 16.7. The third kappa shape index (κ3) is 6.29. The van der Waals surface area contributed by atoms with Crippen LogP contribution in [0.15, 0.2) is 65.6 Å². The van der Waals surface area contributed by atoms with E-state index in [0.717, 1.165) is 0 Å². The van der Waals surface area contributed by atoms with Crippen LogP contribution in [-0.4, -0.2) is 28.0 Å². The van der Waals surface area contributed by atoms with Crippen LogP contribution in [-0.2, 0) is 14.8 Å². The molecule has 0 fully saturated rings. The SMILES string of the molecule is COc1ccc(NC(=O)COc2ccc(C#N)cc2)cc1NS(=O)(=O)c1ccc(Cl)c(Cl)c1. The van der Waals surface area contributed by atoms with E-state index in [1.807, 2.05) is 6.07 Å². The number of carbonyl (C=O) groups is 1. The second kappa shape index (κ2) is 10.4. The van der Waals surface area contributed by atoms with Crippen LogP contribution in [0.5, 0.6) is 11.5 Å². The highest BCUT2D eigenvalue weighted by atomic mass is 35.5. The van der Waals surface area contributed by atoms with Crippen LogP contribution in [0.3, 0.4) is 0 Å². The highest BCUT2D eigenvalue weighted by molar-refractivity contribution is 7.92. The fourth-order valence-corrected chi connectivity index (χ4v) is 4.13. The van der Waals surface area contributed by atoms with E-state index in [1.54, 1.807) is 30.3 Å². The number of halogens is 2. The average molecular weight is 506 g/mol. The maximum absolute atomic E-state index is 12.8. The second-order valence-electron chi connectivity index (χ2n) is 6.57. The van der Waals surface area contributed by atoms with Crippen LogP contribution in [0.1, 0.15) is 5.56 Å². The fraction of sp³-hybridized carbons (Fsp3) is 0.0909. The zero-order chi connectivity index (χ0) is 24.0. The molecule has 170 valence electrons. The van der Waals surface area contributed by atoms with Gasteiger partial charge in [-0.25, -0.2) is 8.42 Å². The summed E-state index contributed by atoms with van der Waals surface area (Å²) in [5.41, 5.74) is 0.895. The highest BCUT2D eigenvalue weighted by Crippen LogP contribution is 2.31. The number of ether oxygens (including phenoxy) is 2. The molecular weight excluding hydrogens is 489 g/mol. The minimum atomic E-state index is -4.02. The van der Waals surface area contributed by atoms with E-state index in [9.17, 15) is 13.2 Å². The van der Waals surface area contributed by atoms with E-state index < -0.39 is 15.9 Å². The number of benzene rings is 3. The largest absolute Gasteiger partial charge is 0.495 e. The fourth-order valence-electron chi connectivity index (χ4n) is 2.68. The van der Waals surface area contributed by atoms with E-state index in [1.165, 1.54) is 37.4 Å². The van der Waals surface area contributed by atoms with Gasteiger partial charge >= 0.3 is 0 Å². The average Bonchev–Trinajstić information content (AvgIpc) is 2.79. The van der Waals surface area contributed by atoms with E-state index in [-0.39, 0.29) is 33.0 Å². The molecule has 0 aromatic heterocycles. The van der Waals surface area contributed by atoms with Crippen molar-refractivity contribution in [3.05, 3.63) is 76.3 Å². The Bertz CT molecular complexity index is 1320. The van der Waals surface area contributed by atoms with Crippen molar-refractivity contribution in [1.29, 1.82) is 5.26 Å². The molecule has 0 atom stereocenters. The number of hydrogen-bond donors (Lipinski definition) is 2. The van der Waals surface area contributed by atoms with Crippen LogP contribution in [0, 0.1) is 11.3 Å². The van der Waals surface area contributed by atoms with Gasteiger partial charge in [-0.2, -0.15) is 5.26 Å². The molecule has 8 nitrogen and oxygen atoms in total. The number of amides is 1. The summed E-state index contributed by atoms with van der Waals surface area (Å²) >= 11 is 11.8. The molecule has 3 rings (SSSR count). The van der Waals surface area contributed by atoms with Crippen molar-refractivity contribution in [2.24, 2.45) is 0 Å². The summed E-state index contributed by atoms with van der Waals surface area (Å²) in [4.78, 5) is 12.2. The van der Waals surface area contributed by atoms with Gasteiger partial charge in [-0.3, -0.25) is 9.52 Å². The number of nitrogens with one attached hydrogen (secondary N) is 2. The molecule has 33 heavy (non-hydrogen) atoms. The molecular formula is C22H17Cl2N3O5S. The van der Waals surface area contributed by atoms with E-state index in [0.29, 0.717) is 17.0 Å². The number of anilines is 2. The maximum atomic E-state index is 12.8. The number of methoxy groups -OCH3 is 1. The molecule has 0 aliphatic rings. The normalized spacial score (nSPS) is 10.7. The van der Waals surface area contributed by atoms with Crippen LogP contribution < -0.4 is 19.5 Å². The van der Waals surface area contributed by atoms with Gasteiger partial charge in [0, 0.05) is 5.69 Å². The third-order valence-corrected chi connectivity index (χ3v) is 6.38. The first-order valence-electron chi connectivity index (χ1n) is 9.30. The molecule has 0 radical (unpaired) electrons. The van der Waals surface area contributed by atoms with Crippen LogP contribution >= 0.6 is 23.2 Å². The molecule has 1 amide bonds. The number of sulfonamides is 1. The van der Waals surface area contributed by atoms with Crippen molar-refractivity contribution < 1.29 is 22.7 Å². The minimum Gasteiger partial charge on any atom is -0.495 e. The van der Waals surface area contributed by atoms with Gasteiger partial charge in [0.25, 0.3) is 15.9 Å². The van der Waals surface area contributed by atoms with Gasteiger partial charge in [-0.15, -0.1) is 0 Å². The van der Waals surface area contributed by atoms with Crippen molar-refractivity contribution in [1.82, 2.24) is 0 Å². The molecule has 0 unspecified atom stereocenters. The highest BCUT2D eigenvalue weighted by Gasteiger charge is 2.18. The Morgan fingerprint density at radius 2 is 1.76 bits per heavy atom. The quantitative estimate of drug-likeness (QED) is 0.458. The second-order valence-corrected chi connectivity index (χ2v) is 9.07. The predicted octanol–water partition coefficient (Wildman–Crippen LogP) is 4.69. The molecule has 0 saturated carbocycles. The number of hydrogen-bond acceptors (Lipinski definition) is 6. The van der Waals surface area contributed by atoms with Gasteiger partial charge in [0.1, 0.15) is 11.5 Å². The summed E-state index contributed by atoms with van der Waals surface area (Å²) in [6.07, 6.45) is 0. The van der Waals surface area contributed by atoms with Gasteiger partial charge in [-0.05, 0) is 60.7 Å². The first-order valence-corrected chi connectivity index (χ1v) is 11.5. The molecule has 0 saturated heterocycles. The lowest BCUT2D eigenvalue weighted by molar-refractivity contribution is -0.118. The lowest BCUT2D eigenvalue weighted by Gasteiger charge is -2.14. The number of carbonyl (C=O) groups excluding carboxylic acids is 1. The van der Waals surface area contributed by atoms with E-state index >= 15 is 0 Å². The van der Waals surface area contributed by atoms with Gasteiger partial charge in [0.05, 0.1) is 39.4 Å². The summed E-state index contributed by atoms with van der Waals surface area (Å²) in [5, 5.41) is 11.8. The first kappa shape index (κ1) is 24.2. The van der Waals surface area contributed by atoms with E-state index in [2.05, 4.69) is 10.0 Å². The first-order chi connectivity index (χ1) is 15.7. The van der Waals surface area contributed by atoms with Crippen LogP contribution in [0.4, 0.5) is 11.4 Å². The monoisotopic (exact) mass is 505 g/mol. The van der Waals surface area contributed by atoms with Gasteiger partial charge in [0.15, 0.2) is 6.61 Å². The van der Waals surface area contributed by atoms with Crippen molar-refractivity contribution in [2.45, 2.75) is 4.90 Å². The Balaban J connectivity index is 1.72. The molecule has 0 spiro atoms. The Kier molecular flexibility index (Phi) is 7.66. The lowest BCUT2D eigenvalue weighted by atomic mass is 10.2. The number of rotatable bonds is 8. The zero-order valence-electron chi connectivity index (χ0n) is 17.1. The standard InChI is InChI=1S/C22H17Cl2N3O5S/c1-31-21-9-4-15(26-22(28)13-32-16-5-2-14(12-25)3-6-16)10-20(21)27-33(29,30)17-7-8-18(23)19(24)11-17/h2-11,27H,13H2,1H3,(H,26,28). The predicted molar refractivity (Wildman–Crippen MR) is 126 cm³/mol. The van der Waals surface area contributed by atoms with Gasteiger partial charge in [0.2, 0.25) is 0 Å². The smallest absolute Gasteiger partial charge is 0.262 e. The van der Waals surface area contributed by atoms with Crippen molar-refractivity contribution in [2.75, 3.05) is 23.8 Å². The summed E-state index contributed by atoms with van der Waals surface area (Å²) < 4.78 is 38.6. The summed E-state index contributed by atoms with van der Waals surface area (Å²) in [6.45, 7) is -0.289.